The van der Waals surface area contributed by atoms with Crippen LogP contribution in [-0.2, 0) is 4.74 Å². The largest absolute Gasteiger partial charge is 0.383 e. The summed E-state index contributed by atoms with van der Waals surface area (Å²) in [5.41, 5.74) is 1.15. The Morgan fingerprint density at radius 3 is 2.88 bits per heavy atom. The Balaban J connectivity index is 2.30. The van der Waals surface area contributed by atoms with E-state index in [1.165, 1.54) is 0 Å². The van der Waals surface area contributed by atoms with Crippen molar-refractivity contribution in [1.29, 1.82) is 0 Å². The van der Waals surface area contributed by atoms with Crippen molar-refractivity contribution in [2.75, 3.05) is 45.7 Å². The molecule has 0 aromatic carbocycles. The van der Waals surface area contributed by atoms with E-state index in [0.29, 0.717) is 0 Å². The molecule has 0 spiro atoms. The number of hydrogen-bond acceptors (Lipinski definition) is 4. The van der Waals surface area contributed by atoms with E-state index in [1.807, 2.05) is 6.20 Å². The van der Waals surface area contributed by atoms with Gasteiger partial charge in [0, 0.05) is 37.4 Å². The third-order valence-corrected chi connectivity index (χ3v) is 2.94. The molecule has 1 rings (SSSR count). The van der Waals surface area contributed by atoms with Crippen LogP contribution in [0.25, 0.3) is 0 Å². The molecule has 17 heavy (non-hydrogen) atoms. The number of nitrogens with zero attached hydrogens (tertiary/aromatic N) is 2. The lowest BCUT2D eigenvalue weighted by Crippen LogP contribution is -2.28. The summed E-state index contributed by atoms with van der Waals surface area (Å²) < 4.78 is 6.04. The van der Waals surface area contributed by atoms with Crippen LogP contribution in [0.4, 0.5) is 5.82 Å². The Kier molecular flexibility index (Phi) is 6.47. The maximum atomic E-state index is 5.03. The summed E-state index contributed by atoms with van der Waals surface area (Å²) in [6.07, 6.45) is 1.81. The Labute approximate surface area is 111 Å². The number of anilines is 1. The minimum absolute atomic E-state index is 0.770. The van der Waals surface area contributed by atoms with E-state index in [2.05, 4.69) is 51.2 Å². The molecule has 0 aliphatic rings. The Bertz CT molecular complexity index is 347. The third-order valence-electron chi connectivity index (χ3n) is 2.51. The minimum atomic E-state index is 0.770. The molecular formula is C12H20BrN3O. The van der Waals surface area contributed by atoms with Crippen molar-refractivity contribution >= 4 is 21.7 Å². The molecular weight excluding hydrogens is 282 g/mol. The molecule has 0 bridgehead atoms. The fraction of sp³-hybridized carbons (Fsp3) is 0.583. The molecule has 0 radical (unpaired) electrons. The molecule has 5 heteroatoms. The molecule has 0 saturated carbocycles. The second kappa shape index (κ2) is 7.63. The van der Waals surface area contributed by atoms with Gasteiger partial charge in [0.15, 0.2) is 0 Å². The lowest BCUT2D eigenvalue weighted by atomic mass is 10.3. The quantitative estimate of drug-likeness (QED) is 0.837. The summed E-state index contributed by atoms with van der Waals surface area (Å²) >= 11 is 3.40. The Morgan fingerprint density at radius 1 is 1.47 bits per heavy atom. The van der Waals surface area contributed by atoms with E-state index >= 15 is 0 Å². The van der Waals surface area contributed by atoms with E-state index in [-0.39, 0.29) is 0 Å². The Morgan fingerprint density at radius 2 is 2.24 bits per heavy atom. The SMILES string of the molecule is COCCN(C)CCNc1ncc(Br)cc1C. The predicted molar refractivity (Wildman–Crippen MR) is 74.5 cm³/mol. The number of aromatic nitrogens is 1. The molecule has 0 aliphatic carbocycles. The fourth-order valence-corrected chi connectivity index (χ4v) is 1.90. The number of aryl methyl sites for hydroxylation is 1. The predicted octanol–water partition coefficient (Wildman–Crippen LogP) is 2.14. The first-order chi connectivity index (χ1) is 8.13. The highest BCUT2D eigenvalue weighted by Gasteiger charge is 2.01. The van der Waals surface area contributed by atoms with Crippen molar-refractivity contribution in [1.82, 2.24) is 9.88 Å². The van der Waals surface area contributed by atoms with Gasteiger partial charge in [-0.2, -0.15) is 0 Å². The smallest absolute Gasteiger partial charge is 0.128 e. The van der Waals surface area contributed by atoms with Gasteiger partial charge in [-0.1, -0.05) is 0 Å². The topological polar surface area (TPSA) is 37.4 Å². The van der Waals surface area contributed by atoms with E-state index < -0.39 is 0 Å². The number of nitrogens with one attached hydrogen (secondary N) is 1. The first-order valence-electron chi connectivity index (χ1n) is 5.67. The highest BCUT2D eigenvalue weighted by molar-refractivity contribution is 9.10. The van der Waals surface area contributed by atoms with Crippen LogP contribution in [0.15, 0.2) is 16.7 Å². The van der Waals surface area contributed by atoms with Crippen LogP contribution >= 0.6 is 15.9 Å². The summed E-state index contributed by atoms with van der Waals surface area (Å²) in [4.78, 5) is 6.56. The highest BCUT2D eigenvalue weighted by atomic mass is 79.9. The van der Waals surface area contributed by atoms with Crippen LogP contribution < -0.4 is 5.32 Å². The lowest BCUT2D eigenvalue weighted by molar-refractivity contribution is 0.163. The molecule has 0 aliphatic heterocycles. The number of likely N-dealkylation sites (N-methyl/N-ethyl adjacent to an activating group) is 1. The zero-order valence-electron chi connectivity index (χ0n) is 10.7. The van der Waals surface area contributed by atoms with Crippen molar-refractivity contribution in [2.45, 2.75) is 6.92 Å². The summed E-state index contributed by atoms with van der Waals surface area (Å²) in [7, 11) is 3.81. The molecule has 0 fully saturated rings. The van der Waals surface area contributed by atoms with Crippen LogP contribution in [0.5, 0.6) is 0 Å². The van der Waals surface area contributed by atoms with Crippen LogP contribution in [0.1, 0.15) is 5.56 Å². The summed E-state index contributed by atoms with van der Waals surface area (Å²) in [6.45, 7) is 5.63. The van der Waals surface area contributed by atoms with Crippen molar-refractivity contribution in [2.24, 2.45) is 0 Å². The Hall–Kier alpha value is -0.650. The zero-order chi connectivity index (χ0) is 12.7. The third kappa shape index (κ3) is 5.48. The van der Waals surface area contributed by atoms with Crippen molar-refractivity contribution in [3.8, 4) is 0 Å². The van der Waals surface area contributed by atoms with Gasteiger partial charge in [0.05, 0.1) is 6.61 Å². The maximum Gasteiger partial charge on any atom is 0.128 e. The molecule has 0 unspecified atom stereocenters. The van der Waals surface area contributed by atoms with Gasteiger partial charge in [0.25, 0.3) is 0 Å². The number of hydrogen-bond donors (Lipinski definition) is 1. The monoisotopic (exact) mass is 301 g/mol. The van der Waals surface area contributed by atoms with E-state index in [0.717, 1.165) is 42.1 Å². The normalized spacial score (nSPS) is 10.9. The number of pyridine rings is 1. The summed E-state index contributed by atoms with van der Waals surface area (Å²) in [5, 5.41) is 3.33. The van der Waals surface area contributed by atoms with Gasteiger partial charge < -0.3 is 15.0 Å². The molecule has 1 aromatic heterocycles. The standard InChI is InChI=1S/C12H20BrN3O/c1-10-8-11(13)9-15-12(10)14-4-5-16(2)6-7-17-3/h8-9H,4-7H2,1-3H3,(H,14,15). The summed E-state index contributed by atoms with van der Waals surface area (Å²) in [6, 6.07) is 2.06. The van der Waals surface area contributed by atoms with E-state index in [1.54, 1.807) is 7.11 Å². The van der Waals surface area contributed by atoms with E-state index in [9.17, 15) is 0 Å². The molecule has 0 saturated heterocycles. The number of methoxy groups -OCH3 is 1. The van der Waals surface area contributed by atoms with Crippen LogP contribution in [0, 0.1) is 6.92 Å². The highest BCUT2D eigenvalue weighted by Crippen LogP contribution is 2.16. The second-order valence-corrected chi connectivity index (χ2v) is 4.96. The molecule has 96 valence electrons. The van der Waals surface area contributed by atoms with Gasteiger partial charge in [-0.25, -0.2) is 4.98 Å². The molecule has 1 heterocycles. The molecule has 1 aromatic rings. The van der Waals surface area contributed by atoms with Gasteiger partial charge in [-0.05, 0) is 41.5 Å². The van der Waals surface area contributed by atoms with Crippen LogP contribution in [0.3, 0.4) is 0 Å². The van der Waals surface area contributed by atoms with Gasteiger partial charge in [-0.3, -0.25) is 0 Å². The van der Waals surface area contributed by atoms with Crippen molar-refractivity contribution in [3.63, 3.8) is 0 Å². The van der Waals surface area contributed by atoms with Crippen molar-refractivity contribution in [3.05, 3.63) is 22.3 Å². The molecule has 4 nitrogen and oxygen atoms in total. The maximum absolute atomic E-state index is 5.03. The van der Waals surface area contributed by atoms with Gasteiger partial charge in [0.2, 0.25) is 0 Å². The molecule has 0 amide bonds. The van der Waals surface area contributed by atoms with Gasteiger partial charge in [-0.15, -0.1) is 0 Å². The first-order valence-corrected chi connectivity index (χ1v) is 6.46. The second-order valence-electron chi connectivity index (χ2n) is 4.04. The van der Waals surface area contributed by atoms with Crippen LogP contribution in [-0.4, -0.2) is 50.3 Å². The first kappa shape index (κ1) is 14.4. The minimum Gasteiger partial charge on any atom is -0.383 e. The van der Waals surface area contributed by atoms with Crippen LogP contribution in [0.2, 0.25) is 0 Å². The molecule has 1 N–H and O–H groups in total. The fourth-order valence-electron chi connectivity index (χ4n) is 1.45. The number of ether oxygens (including phenoxy) is 1. The van der Waals surface area contributed by atoms with Gasteiger partial charge >= 0.3 is 0 Å². The average molecular weight is 302 g/mol. The van der Waals surface area contributed by atoms with Gasteiger partial charge in [0.1, 0.15) is 5.82 Å². The summed E-state index contributed by atoms with van der Waals surface area (Å²) in [5.74, 6) is 0.952. The average Bonchev–Trinajstić information content (AvgIpc) is 2.29. The number of halogens is 1. The lowest BCUT2D eigenvalue weighted by Gasteiger charge is -2.17. The number of rotatable bonds is 7. The molecule has 0 atom stereocenters. The van der Waals surface area contributed by atoms with Crippen molar-refractivity contribution < 1.29 is 4.74 Å². The van der Waals surface area contributed by atoms with E-state index in [4.69, 9.17) is 4.74 Å². The zero-order valence-corrected chi connectivity index (χ0v) is 12.2.